The molecule has 2 N–H and O–H groups in total. The van der Waals surface area contributed by atoms with E-state index in [0.717, 1.165) is 0 Å². The van der Waals surface area contributed by atoms with E-state index < -0.39 is 15.9 Å². The summed E-state index contributed by atoms with van der Waals surface area (Å²) in [7, 11) is -2.93. The summed E-state index contributed by atoms with van der Waals surface area (Å²) in [6.45, 7) is 4.32. The number of amides is 1. The lowest BCUT2D eigenvalue weighted by Crippen LogP contribution is -2.51. The molecule has 1 unspecified atom stereocenters. The van der Waals surface area contributed by atoms with Crippen LogP contribution in [-0.4, -0.2) is 49.9 Å². The van der Waals surface area contributed by atoms with Crippen LogP contribution < -0.4 is 5.73 Å². The van der Waals surface area contributed by atoms with Gasteiger partial charge < -0.3 is 10.6 Å². The quantitative estimate of drug-likeness (QED) is 0.680. The second kappa shape index (κ2) is 4.49. The number of hydrogen-bond acceptors (Lipinski definition) is 4. The summed E-state index contributed by atoms with van der Waals surface area (Å²) in [6, 6.07) is -0.522. The van der Waals surface area contributed by atoms with Gasteiger partial charge in [-0.2, -0.15) is 0 Å². The molecule has 1 heterocycles. The van der Waals surface area contributed by atoms with Crippen molar-refractivity contribution in [2.75, 3.05) is 24.6 Å². The molecule has 1 aliphatic heterocycles. The van der Waals surface area contributed by atoms with E-state index in [1.54, 1.807) is 4.90 Å². The van der Waals surface area contributed by atoms with Crippen molar-refractivity contribution >= 4 is 15.7 Å². The molecule has 1 saturated heterocycles. The molecule has 0 spiro atoms. The summed E-state index contributed by atoms with van der Waals surface area (Å²) in [5, 5.41) is 0. The molecule has 6 heteroatoms. The Morgan fingerprint density at radius 1 is 1.27 bits per heavy atom. The molecule has 0 bridgehead atoms. The highest BCUT2D eigenvalue weighted by atomic mass is 32.2. The van der Waals surface area contributed by atoms with Gasteiger partial charge in [0.15, 0.2) is 9.84 Å². The highest BCUT2D eigenvalue weighted by molar-refractivity contribution is 7.91. The maximum absolute atomic E-state index is 11.8. The lowest BCUT2D eigenvalue weighted by molar-refractivity contribution is -0.133. The maximum Gasteiger partial charge on any atom is 0.239 e. The van der Waals surface area contributed by atoms with Gasteiger partial charge in [-0.15, -0.1) is 0 Å². The summed E-state index contributed by atoms with van der Waals surface area (Å²) >= 11 is 0. The van der Waals surface area contributed by atoms with Crippen molar-refractivity contribution in [3.8, 4) is 0 Å². The molecule has 1 aliphatic rings. The van der Waals surface area contributed by atoms with E-state index in [1.165, 1.54) is 0 Å². The highest BCUT2D eigenvalue weighted by Crippen LogP contribution is 2.08. The monoisotopic (exact) mass is 234 g/mol. The third kappa shape index (κ3) is 3.17. The number of sulfone groups is 1. The smallest absolute Gasteiger partial charge is 0.239 e. The summed E-state index contributed by atoms with van der Waals surface area (Å²) in [5.41, 5.74) is 5.72. The fourth-order valence-electron chi connectivity index (χ4n) is 1.43. The second-order valence-electron chi connectivity index (χ2n) is 4.25. The first kappa shape index (κ1) is 12.4. The number of rotatable bonds is 2. The second-order valence-corrected chi connectivity index (χ2v) is 6.55. The van der Waals surface area contributed by atoms with E-state index in [2.05, 4.69) is 0 Å². The lowest BCUT2D eigenvalue weighted by atomic mass is 10.0. The summed E-state index contributed by atoms with van der Waals surface area (Å²) in [5.74, 6) is 0.0588. The van der Waals surface area contributed by atoms with Crippen molar-refractivity contribution in [2.45, 2.75) is 19.9 Å². The van der Waals surface area contributed by atoms with Crippen molar-refractivity contribution in [3.05, 3.63) is 0 Å². The van der Waals surface area contributed by atoms with E-state index in [4.69, 9.17) is 5.73 Å². The Hall–Kier alpha value is -0.620. The molecule has 15 heavy (non-hydrogen) atoms. The number of nitrogens with two attached hydrogens (primary N) is 1. The van der Waals surface area contributed by atoms with Gasteiger partial charge in [-0.3, -0.25) is 4.79 Å². The Morgan fingerprint density at radius 2 is 1.73 bits per heavy atom. The molecule has 0 aromatic carbocycles. The van der Waals surface area contributed by atoms with Crippen LogP contribution in [0.25, 0.3) is 0 Å². The van der Waals surface area contributed by atoms with Gasteiger partial charge in [-0.25, -0.2) is 8.42 Å². The number of nitrogens with zero attached hydrogens (tertiary/aromatic N) is 1. The molecular weight excluding hydrogens is 216 g/mol. The first-order valence-corrected chi connectivity index (χ1v) is 6.90. The Kier molecular flexibility index (Phi) is 3.72. The zero-order valence-corrected chi connectivity index (χ0v) is 9.96. The summed E-state index contributed by atoms with van der Waals surface area (Å²) in [4.78, 5) is 13.3. The molecule has 0 saturated carbocycles. The summed E-state index contributed by atoms with van der Waals surface area (Å²) < 4.78 is 22.3. The van der Waals surface area contributed by atoms with Crippen LogP contribution in [-0.2, 0) is 14.6 Å². The van der Waals surface area contributed by atoms with E-state index in [1.807, 2.05) is 13.8 Å². The van der Waals surface area contributed by atoms with Gasteiger partial charge >= 0.3 is 0 Å². The van der Waals surface area contributed by atoms with Gasteiger partial charge in [0.25, 0.3) is 0 Å². The van der Waals surface area contributed by atoms with Crippen LogP contribution in [0.2, 0.25) is 0 Å². The van der Waals surface area contributed by atoms with Crippen LogP contribution in [0.3, 0.4) is 0 Å². The standard InChI is InChI=1S/C9H18N2O3S/c1-7(2)8(10)9(12)11-3-5-15(13,14)6-4-11/h7-8H,3-6,10H2,1-2H3. The van der Waals surface area contributed by atoms with Gasteiger partial charge in [-0.05, 0) is 5.92 Å². The average Bonchev–Trinajstić information content (AvgIpc) is 2.15. The number of carbonyl (C=O) groups excluding carboxylic acids is 1. The van der Waals surface area contributed by atoms with Gasteiger partial charge in [0.05, 0.1) is 17.5 Å². The van der Waals surface area contributed by atoms with Gasteiger partial charge in [0, 0.05) is 13.1 Å². The van der Waals surface area contributed by atoms with E-state index in [9.17, 15) is 13.2 Å². The molecule has 88 valence electrons. The molecule has 1 fully saturated rings. The zero-order valence-electron chi connectivity index (χ0n) is 9.14. The third-order valence-corrected chi connectivity index (χ3v) is 4.27. The Labute approximate surface area is 90.5 Å². The summed E-state index contributed by atoms with van der Waals surface area (Å²) in [6.07, 6.45) is 0. The molecule has 1 amide bonds. The first-order valence-electron chi connectivity index (χ1n) is 5.08. The minimum absolute atomic E-state index is 0.0591. The van der Waals surface area contributed by atoms with Crippen molar-refractivity contribution < 1.29 is 13.2 Å². The molecule has 0 aromatic rings. The fourth-order valence-corrected chi connectivity index (χ4v) is 2.63. The van der Waals surface area contributed by atoms with Crippen LogP contribution in [0.1, 0.15) is 13.8 Å². The minimum Gasteiger partial charge on any atom is -0.339 e. The SMILES string of the molecule is CC(C)C(N)C(=O)N1CCS(=O)(=O)CC1. The fraction of sp³-hybridized carbons (Fsp3) is 0.889. The van der Waals surface area contributed by atoms with Gasteiger partial charge in [0.2, 0.25) is 5.91 Å². The largest absolute Gasteiger partial charge is 0.339 e. The van der Waals surface area contributed by atoms with E-state index >= 15 is 0 Å². The number of carbonyl (C=O) groups is 1. The van der Waals surface area contributed by atoms with Crippen molar-refractivity contribution in [1.29, 1.82) is 0 Å². The molecule has 0 aromatic heterocycles. The number of hydrogen-bond donors (Lipinski definition) is 1. The Bertz CT molecular complexity index is 323. The average molecular weight is 234 g/mol. The van der Waals surface area contributed by atoms with Gasteiger partial charge in [-0.1, -0.05) is 13.8 Å². The van der Waals surface area contributed by atoms with E-state index in [-0.39, 0.29) is 36.4 Å². The van der Waals surface area contributed by atoms with Crippen LogP contribution in [0.5, 0.6) is 0 Å². The normalized spacial score (nSPS) is 22.8. The Balaban J connectivity index is 2.57. The molecule has 0 radical (unpaired) electrons. The van der Waals surface area contributed by atoms with Crippen molar-refractivity contribution in [3.63, 3.8) is 0 Å². The highest BCUT2D eigenvalue weighted by Gasteiger charge is 2.29. The third-order valence-electron chi connectivity index (χ3n) is 2.66. The van der Waals surface area contributed by atoms with E-state index in [0.29, 0.717) is 0 Å². The topological polar surface area (TPSA) is 80.5 Å². The van der Waals surface area contributed by atoms with Crippen LogP contribution in [0, 0.1) is 5.92 Å². The van der Waals surface area contributed by atoms with Gasteiger partial charge in [0.1, 0.15) is 0 Å². The van der Waals surface area contributed by atoms with Crippen molar-refractivity contribution in [2.24, 2.45) is 11.7 Å². The molecular formula is C9H18N2O3S. The van der Waals surface area contributed by atoms with Crippen LogP contribution >= 0.6 is 0 Å². The van der Waals surface area contributed by atoms with Crippen LogP contribution in [0.15, 0.2) is 0 Å². The Morgan fingerprint density at radius 3 is 2.13 bits per heavy atom. The molecule has 1 rings (SSSR count). The molecule has 1 atom stereocenters. The lowest BCUT2D eigenvalue weighted by Gasteiger charge is -2.30. The maximum atomic E-state index is 11.8. The molecule has 5 nitrogen and oxygen atoms in total. The molecule has 0 aliphatic carbocycles. The predicted molar refractivity (Wildman–Crippen MR) is 58.0 cm³/mol. The van der Waals surface area contributed by atoms with Crippen molar-refractivity contribution in [1.82, 2.24) is 4.90 Å². The minimum atomic E-state index is -2.93. The zero-order chi connectivity index (χ0) is 11.6. The van der Waals surface area contributed by atoms with Crippen LogP contribution in [0.4, 0.5) is 0 Å². The predicted octanol–water partition coefficient (Wildman–Crippen LogP) is -0.773. The first-order chi connectivity index (χ1) is 6.83.